The molecule has 1 heterocycles. The van der Waals surface area contributed by atoms with Crippen LogP contribution in [-0.2, 0) is 13.5 Å². The van der Waals surface area contributed by atoms with E-state index in [0.29, 0.717) is 5.92 Å². The molecule has 4 aromatic rings. The van der Waals surface area contributed by atoms with E-state index in [0.717, 1.165) is 6.42 Å². The van der Waals surface area contributed by atoms with Crippen LogP contribution in [0.3, 0.4) is 0 Å². The van der Waals surface area contributed by atoms with Crippen LogP contribution in [0.5, 0.6) is 0 Å². The van der Waals surface area contributed by atoms with Gasteiger partial charge in [0.25, 0.3) is 0 Å². The third-order valence-electron chi connectivity index (χ3n) is 5.60. The minimum absolute atomic E-state index is 0.453. The van der Waals surface area contributed by atoms with E-state index in [1.165, 1.54) is 38.9 Å². The van der Waals surface area contributed by atoms with Gasteiger partial charge in [-0.25, -0.2) is 0 Å². The molecule has 1 aliphatic carbocycles. The summed E-state index contributed by atoms with van der Waals surface area (Å²) < 4.78 is 2.33. The minimum Gasteiger partial charge on any atom is -0.344 e. The Morgan fingerprint density at radius 3 is 2.31 bits per heavy atom. The molecule has 0 spiro atoms. The molecule has 1 aliphatic rings. The van der Waals surface area contributed by atoms with Gasteiger partial charge in [-0.3, -0.25) is 0 Å². The van der Waals surface area contributed by atoms with Crippen molar-refractivity contribution in [3.63, 3.8) is 0 Å². The first-order valence-corrected chi connectivity index (χ1v) is 9.21. The van der Waals surface area contributed by atoms with Crippen LogP contribution in [0.15, 0.2) is 84.9 Å². The van der Waals surface area contributed by atoms with Crippen molar-refractivity contribution in [2.24, 2.45) is 7.05 Å². The molecule has 1 heteroatoms. The van der Waals surface area contributed by atoms with Gasteiger partial charge < -0.3 is 4.57 Å². The molecule has 0 amide bonds. The normalized spacial score (nSPS) is 16.0. The third-order valence-corrected chi connectivity index (χ3v) is 5.60. The Morgan fingerprint density at radius 2 is 1.54 bits per heavy atom. The Bertz CT molecular complexity index is 1100. The summed E-state index contributed by atoms with van der Waals surface area (Å²) in [6, 6.07) is 28.3. The van der Waals surface area contributed by atoms with Crippen LogP contribution in [0, 0.1) is 0 Å². The molecule has 26 heavy (non-hydrogen) atoms. The van der Waals surface area contributed by atoms with Crippen molar-refractivity contribution in [3.05, 3.63) is 102 Å². The Labute approximate surface area is 154 Å². The highest BCUT2D eigenvalue weighted by atomic mass is 14.9. The molecule has 1 aromatic heterocycles. The maximum atomic E-state index is 2.37. The molecule has 0 bridgehead atoms. The highest BCUT2D eigenvalue weighted by Gasteiger charge is 2.21. The first-order chi connectivity index (χ1) is 12.8. The molecule has 5 rings (SSSR count). The molecule has 0 saturated carbocycles. The molecule has 0 radical (unpaired) electrons. The number of benzene rings is 3. The molecular weight excluding hydrogens is 314 g/mol. The molecule has 1 nitrogen and oxygen atoms in total. The summed E-state index contributed by atoms with van der Waals surface area (Å²) in [6.45, 7) is 0. The summed E-state index contributed by atoms with van der Waals surface area (Å²) in [5.74, 6) is 0.453. The van der Waals surface area contributed by atoms with Crippen LogP contribution in [0.25, 0.3) is 28.1 Å². The second-order valence-electron chi connectivity index (χ2n) is 7.10. The molecule has 0 fully saturated rings. The monoisotopic (exact) mass is 335 g/mol. The van der Waals surface area contributed by atoms with Crippen LogP contribution < -0.4 is 0 Å². The molecule has 0 saturated heterocycles. The number of aromatic nitrogens is 1. The van der Waals surface area contributed by atoms with Crippen molar-refractivity contribution in [2.75, 3.05) is 0 Å². The lowest BCUT2D eigenvalue weighted by atomic mass is 9.86. The number of fused-ring (bicyclic) bond motifs is 3. The Morgan fingerprint density at radius 1 is 0.808 bits per heavy atom. The van der Waals surface area contributed by atoms with Crippen LogP contribution in [0.2, 0.25) is 0 Å². The second kappa shape index (κ2) is 6.03. The van der Waals surface area contributed by atoms with E-state index in [1.807, 2.05) is 0 Å². The predicted octanol–water partition coefficient (Wildman–Crippen LogP) is 6.20. The Balaban J connectivity index is 1.64. The zero-order valence-electron chi connectivity index (χ0n) is 14.9. The van der Waals surface area contributed by atoms with Gasteiger partial charge in [-0.1, -0.05) is 72.8 Å². The van der Waals surface area contributed by atoms with Crippen molar-refractivity contribution in [2.45, 2.75) is 12.3 Å². The number of nitrogens with zero attached hydrogens (tertiary/aromatic N) is 1. The Hall–Kier alpha value is -3.06. The van der Waals surface area contributed by atoms with E-state index in [1.54, 1.807) is 0 Å². The molecular formula is C25H21N. The van der Waals surface area contributed by atoms with E-state index in [4.69, 9.17) is 0 Å². The van der Waals surface area contributed by atoms with Gasteiger partial charge in [0.05, 0.1) is 0 Å². The molecule has 126 valence electrons. The van der Waals surface area contributed by atoms with Crippen LogP contribution >= 0.6 is 0 Å². The van der Waals surface area contributed by atoms with Gasteiger partial charge in [-0.15, -0.1) is 0 Å². The summed E-state index contributed by atoms with van der Waals surface area (Å²) in [6.07, 6.45) is 5.72. The summed E-state index contributed by atoms with van der Waals surface area (Å²) in [5, 5.41) is 1.38. The van der Waals surface area contributed by atoms with Gasteiger partial charge in [0.1, 0.15) is 0 Å². The lowest BCUT2D eigenvalue weighted by Gasteiger charge is -2.18. The van der Waals surface area contributed by atoms with Gasteiger partial charge >= 0.3 is 0 Å². The van der Waals surface area contributed by atoms with E-state index in [-0.39, 0.29) is 0 Å². The zero-order chi connectivity index (χ0) is 17.5. The predicted molar refractivity (Wildman–Crippen MR) is 110 cm³/mol. The molecule has 0 N–H and O–H groups in total. The third kappa shape index (κ3) is 2.40. The molecule has 1 atom stereocenters. The molecule has 3 aromatic carbocycles. The van der Waals surface area contributed by atoms with Crippen LogP contribution in [0.1, 0.15) is 22.7 Å². The first-order valence-electron chi connectivity index (χ1n) is 9.21. The van der Waals surface area contributed by atoms with E-state index in [2.05, 4.69) is 103 Å². The summed E-state index contributed by atoms with van der Waals surface area (Å²) in [7, 11) is 2.18. The zero-order valence-corrected chi connectivity index (χ0v) is 14.9. The first kappa shape index (κ1) is 15.2. The fourth-order valence-corrected chi connectivity index (χ4v) is 4.20. The molecule has 0 aliphatic heterocycles. The van der Waals surface area contributed by atoms with Crippen molar-refractivity contribution in [1.82, 2.24) is 4.57 Å². The van der Waals surface area contributed by atoms with Gasteiger partial charge in [0, 0.05) is 29.6 Å². The quantitative estimate of drug-likeness (QED) is 0.411. The number of hydrogen-bond donors (Lipinski definition) is 0. The van der Waals surface area contributed by atoms with Crippen molar-refractivity contribution >= 4 is 17.0 Å². The highest BCUT2D eigenvalue weighted by molar-refractivity contribution is 5.92. The second-order valence-corrected chi connectivity index (χ2v) is 7.10. The van der Waals surface area contributed by atoms with Crippen LogP contribution in [0.4, 0.5) is 0 Å². The fourth-order valence-electron chi connectivity index (χ4n) is 4.20. The van der Waals surface area contributed by atoms with E-state index < -0.39 is 0 Å². The maximum Gasteiger partial charge on any atom is 0.0485 e. The van der Waals surface area contributed by atoms with Crippen LogP contribution in [-0.4, -0.2) is 4.57 Å². The smallest absolute Gasteiger partial charge is 0.0485 e. The molecule has 1 unspecified atom stereocenters. The largest absolute Gasteiger partial charge is 0.344 e. The maximum absolute atomic E-state index is 2.37. The highest BCUT2D eigenvalue weighted by Crippen LogP contribution is 2.37. The average molecular weight is 335 g/mol. The van der Waals surface area contributed by atoms with Crippen molar-refractivity contribution in [1.29, 1.82) is 0 Å². The average Bonchev–Trinajstić information content (AvgIpc) is 3.01. The Kier molecular flexibility index (Phi) is 3.53. The topological polar surface area (TPSA) is 4.93 Å². The summed E-state index contributed by atoms with van der Waals surface area (Å²) in [5.41, 5.74) is 8.09. The lowest BCUT2D eigenvalue weighted by molar-refractivity contribution is 0.815. The van der Waals surface area contributed by atoms with E-state index >= 15 is 0 Å². The van der Waals surface area contributed by atoms with Crippen molar-refractivity contribution < 1.29 is 0 Å². The van der Waals surface area contributed by atoms with Gasteiger partial charge in [-0.2, -0.15) is 0 Å². The van der Waals surface area contributed by atoms with Gasteiger partial charge in [-0.05, 0) is 46.9 Å². The number of allylic oxidation sites excluding steroid dienone is 1. The number of aryl methyl sites for hydroxylation is 1. The summed E-state index contributed by atoms with van der Waals surface area (Å²) in [4.78, 5) is 0. The minimum atomic E-state index is 0.453. The van der Waals surface area contributed by atoms with Gasteiger partial charge in [0.2, 0.25) is 0 Å². The standard InChI is InChI=1S/C25H21N/c1-26-24-14-12-20(18-8-4-2-5-9-18)16-22(24)23-17-21(13-15-25(23)26)19-10-6-3-7-11-19/h2-16,21H,17H2,1H3. The lowest BCUT2D eigenvalue weighted by Crippen LogP contribution is -2.06. The fraction of sp³-hybridized carbons (Fsp3) is 0.120. The number of rotatable bonds is 2. The SMILES string of the molecule is Cn1c2c(c3cc(-c4ccccc4)ccc31)CC(c1ccccc1)C=C2. The number of hydrogen-bond acceptors (Lipinski definition) is 0. The van der Waals surface area contributed by atoms with Gasteiger partial charge in [0.15, 0.2) is 0 Å². The van der Waals surface area contributed by atoms with Crippen molar-refractivity contribution in [3.8, 4) is 11.1 Å². The summed E-state index contributed by atoms with van der Waals surface area (Å²) >= 11 is 0. The van der Waals surface area contributed by atoms with E-state index in [9.17, 15) is 0 Å².